The molecule has 2 aromatic rings. The van der Waals surface area contributed by atoms with Crippen LogP contribution in [-0.4, -0.2) is 17.3 Å². The molecule has 23 heavy (non-hydrogen) atoms. The summed E-state index contributed by atoms with van der Waals surface area (Å²) in [5.41, 5.74) is 1.06. The molecule has 0 saturated heterocycles. The van der Waals surface area contributed by atoms with Crippen molar-refractivity contribution < 1.29 is 9.53 Å². The van der Waals surface area contributed by atoms with Crippen LogP contribution < -0.4 is 10.1 Å². The van der Waals surface area contributed by atoms with Gasteiger partial charge in [-0.15, -0.1) is 11.8 Å². The molecule has 0 radical (unpaired) electrons. The van der Waals surface area contributed by atoms with Gasteiger partial charge in [0.05, 0.1) is 11.4 Å². The molecule has 0 heterocycles. The first kappa shape index (κ1) is 17.4. The normalized spacial score (nSPS) is 12.0. The van der Waals surface area contributed by atoms with E-state index in [2.05, 4.69) is 5.32 Å². The van der Waals surface area contributed by atoms with E-state index >= 15 is 0 Å². The summed E-state index contributed by atoms with van der Waals surface area (Å²) in [6, 6.07) is 17.8. The Kier molecular flexibility index (Phi) is 6.53. The third kappa shape index (κ3) is 5.99. The van der Waals surface area contributed by atoms with Crippen LogP contribution in [0.1, 0.15) is 26.3 Å². The van der Waals surface area contributed by atoms with E-state index in [0.717, 1.165) is 16.2 Å². The number of hydrogen-bond donors (Lipinski definition) is 1. The Balaban J connectivity index is 1.81. The number of rotatable bonds is 7. The first-order valence-corrected chi connectivity index (χ1v) is 8.67. The van der Waals surface area contributed by atoms with Crippen molar-refractivity contribution in [3.63, 3.8) is 0 Å². The summed E-state index contributed by atoms with van der Waals surface area (Å²) in [5.74, 6) is 0.893. The molecule has 0 bridgehead atoms. The zero-order valence-corrected chi connectivity index (χ0v) is 14.6. The lowest BCUT2D eigenvalue weighted by atomic mass is 10.2. The lowest BCUT2D eigenvalue weighted by molar-refractivity contribution is -0.120. The molecule has 0 aliphatic rings. The third-order valence-corrected chi connectivity index (χ3v) is 4.30. The van der Waals surface area contributed by atoms with Gasteiger partial charge >= 0.3 is 0 Å². The second-order valence-corrected chi connectivity index (χ2v) is 7.02. The Morgan fingerprint density at radius 1 is 1.04 bits per heavy atom. The summed E-state index contributed by atoms with van der Waals surface area (Å²) in [4.78, 5) is 13.3. The minimum absolute atomic E-state index is 0.0429. The van der Waals surface area contributed by atoms with Gasteiger partial charge in [-0.3, -0.25) is 4.79 Å². The van der Waals surface area contributed by atoms with Crippen molar-refractivity contribution in [1.29, 1.82) is 0 Å². The number of thioether (sulfide) groups is 1. The van der Waals surface area contributed by atoms with Gasteiger partial charge in [0, 0.05) is 11.4 Å². The Labute approximate surface area is 142 Å². The molecule has 3 nitrogen and oxygen atoms in total. The van der Waals surface area contributed by atoms with Crippen LogP contribution in [0.5, 0.6) is 5.75 Å². The minimum atomic E-state index is -0.124. The summed E-state index contributed by atoms with van der Waals surface area (Å²) >= 11 is 1.56. The van der Waals surface area contributed by atoms with Crippen molar-refractivity contribution in [3.05, 3.63) is 60.2 Å². The molecule has 0 saturated carbocycles. The first-order chi connectivity index (χ1) is 11.0. The van der Waals surface area contributed by atoms with Crippen molar-refractivity contribution in [2.45, 2.75) is 43.6 Å². The van der Waals surface area contributed by atoms with Crippen molar-refractivity contribution in [2.24, 2.45) is 0 Å². The Bertz CT molecular complexity index is 611. The fraction of sp³-hybridized carbons (Fsp3) is 0.316. The second-order valence-electron chi connectivity index (χ2n) is 5.60. The number of carbonyl (C=O) groups is 1. The molecule has 1 atom stereocenters. The van der Waals surface area contributed by atoms with Crippen molar-refractivity contribution >= 4 is 17.7 Å². The molecule has 0 aliphatic heterocycles. The maximum Gasteiger partial charge on any atom is 0.233 e. The zero-order chi connectivity index (χ0) is 16.7. The third-order valence-electron chi connectivity index (χ3n) is 3.19. The van der Waals surface area contributed by atoms with Gasteiger partial charge in [0.25, 0.3) is 0 Å². The Hall–Kier alpha value is -1.94. The Morgan fingerprint density at radius 3 is 2.30 bits per heavy atom. The highest BCUT2D eigenvalue weighted by atomic mass is 32.2. The molecule has 0 fully saturated rings. The first-order valence-electron chi connectivity index (χ1n) is 7.79. The topological polar surface area (TPSA) is 38.3 Å². The van der Waals surface area contributed by atoms with E-state index in [1.165, 1.54) is 0 Å². The molecule has 122 valence electrons. The van der Waals surface area contributed by atoms with Crippen molar-refractivity contribution in [3.8, 4) is 5.75 Å². The van der Waals surface area contributed by atoms with Gasteiger partial charge in [-0.2, -0.15) is 0 Å². The van der Waals surface area contributed by atoms with Crippen molar-refractivity contribution in [2.75, 3.05) is 0 Å². The quantitative estimate of drug-likeness (QED) is 0.771. The molecule has 2 rings (SSSR count). The van der Waals surface area contributed by atoms with E-state index in [1.54, 1.807) is 11.8 Å². The van der Waals surface area contributed by atoms with Gasteiger partial charge in [0.15, 0.2) is 0 Å². The van der Waals surface area contributed by atoms with E-state index < -0.39 is 0 Å². The van der Waals surface area contributed by atoms with E-state index in [9.17, 15) is 4.79 Å². The van der Waals surface area contributed by atoms with Crippen LogP contribution in [-0.2, 0) is 11.3 Å². The van der Waals surface area contributed by atoms with E-state index in [1.807, 2.05) is 75.4 Å². The number of hydrogen-bond acceptors (Lipinski definition) is 3. The number of amides is 1. The maximum atomic E-state index is 12.2. The van der Waals surface area contributed by atoms with Gasteiger partial charge in [-0.1, -0.05) is 30.3 Å². The van der Waals surface area contributed by atoms with Gasteiger partial charge in [-0.25, -0.2) is 0 Å². The molecule has 1 N–H and O–H groups in total. The van der Waals surface area contributed by atoms with Crippen LogP contribution in [0.4, 0.5) is 0 Å². The fourth-order valence-electron chi connectivity index (χ4n) is 2.05. The molecule has 0 aliphatic carbocycles. The van der Waals surface area contributed by atoms with Crippen LogP contribution in [0.2, 0.25) is 0 Å². The molecule has 1 amide bonds. The highest BCUT2D eigenvalue weighted by Crippen LogP contribution is 2.22. The summed E-state index contributed by atoms with van der Waals surface area (Å²) in [5, 5.41) is 2.85. The molecule has 4 heteroatoms. The zero-order valence-electron chi connectivity index (χ0n) is 13.8. The predicted octanol–water partition coefficient (Wildman–Crippen LogP) is 4.27. The number of nitrogens with one attached hydrogen (secondary N) is 1. The molecular formula is C19H23NO2S. The SMILES string of the molecule is CC(C)Oc1ccc(CNC(=O)C(C)Sc2ccccc2)cc1. The fourth-order valence-corrected chi connectivity index (χ4v) is 2.96. The molecule has 0 spiro atoms. The molecule has 2 aromatic carbocycles. The van der Waals surface area contributed by atoms with E-state index in [0.29, 0.717) is 6.54 Å². The van der Waals surface area contributed by atoms with Crippen LogP contribution in [0.25, 0.3) is 0 Å². The number of benzene rings is 2. The highest BCUT2D eigenvalue weighted by Gasteiger charge is 2.13. The average molecular weight is 329 g/mol. The van der Waals surface area contributed by atoms with Crippen LogP contribution in [0.3, 0.4) is 0 Å². The van der Waals surface area contributed by atoms with Crippen LogP contribution in [0, 0.1) is 0 Å². The average Bonchev–Trinajstić information content (AvgIpc) is 2.54. The van der Waals surface area contributed by atoms with E-state index in [4.69, 9.17) is 4.74 Å². The highest BCUT2D eigenvalue weighted by molar-refractivity contribution is 8.00. The molecule has 1 unspecified atom stereocenters. The van der Waals surface area contributed by atoms with Crippen LogP contribution in [0.15, 0.2) is 59.5 Å². The predicted molar refractivity (Wildman–Crippen MR) is 95.8 cm³/mol. The smallest absolute Gasteiger partial charge is 0.233 e. The largest absolute Gasteiger partial charge is 0.491 e. The monoisotopic (exact) mass is 329 g/mol. The van der Waals surface area contributed by atoms with Crippen LogP contribution >= 0.6 is 11.8 Å². The lowest BCUT2D eigenvalue weighted by Gasteiger charge is -2.13. The summed E-state index contributed by atoms with van der Waals surface area (Å²) in [6.45, 7) is 6.45. The lowest BCUT2D eigenvalue weighted by Crippen LogP contribution is -2.30. The number of ether oxygens (including phenoxy) is 1. The van der Waals surface area contributed by atoms with Crippen molar-refractivity contribution in [1.82, 2.24) is 5.32 Å². The molecule has 0 aromatic heterocycles. The minimum Gasteiger partial charge on any atom is -0.491 e. The van der Waals surface area contributed by atoms with E-state index in [-0.39, 0.29) is 17.3 Å². The summed E-state index contributed by atoms with van der Waals surface area (Å²) in [6.07, 6.45) is 0.163. The van der Waals surface area contributed by atoms with Gasteiger partial charge < -0.3 is 10.1 Å². The Morgan fingerprint density at radius 2 is 1.70 bits per heavy atom. The second kappa shape index (κ2) is 8.63. The van der Waals surface area contributed by atoms with Gasteiger partial charge in [0.2, 0.25) is 5.91 Å². The number of carbonyl (C=O) groups excluding carboxylic acids is 1. The summed E-state index contributed by atoms with van der Waals surface area (Å²) < 4.78 is 5.61. The standard InChI is InChI=1S/C19H23NO2S/c1-14(2)22-17-11-9-16(10-12-17)13-20-19(21)15(3)23-18-7-5-4-6-8-18/h4-12,14-15H,13H2,1-3H3,(H,20,21). The molecular weight excluding hydrogens is 306 g/mol. The maximum absolute atomic E-state index is 12.2. The summed E-state index contributed by atoms with van der Waals surface area (Å²) in [7, 11) is 0. The van der Waals surface area contributed by atoms with Gasteiger partial charge in [0.1, 0.15) is 5.75 Å². The van der Waals surface area contributed by atoms with Gasteiger partial charge in [-0.05, 0) is 50.6 Å².